The molecule has 1 heterocycles. The van der Waals surface area contributed by atoms with E-state index in [4.69, 9.17) is 5.11 Å². The van der Waals surface area contributed by atoms with Crippen LogP contribution in [0, 0.1) is 5.92 Å². The van der Waals surface area contributed by atoms with Crippen molar-refractivity contribution in [2.24, 2.45) is 5.92 Å². The number of amides is 2. The first kappa shape index (κ1) is 15.3. The summed E-state index contributed by atoms with van der Waals surface area (Å²) >= 11 is 0. The molecule has 0 aromatic carbocycles. The summed E-state index contributed by atoms with van der Waals surface area (Å²) in [5.41, 5.74) is 0. The van der Waals surface area contributed by atoms with E-state index in [0.29, 0.717) is 0 Å². The molecule has 0 bridgehead atoms. The van der Waals surface area contributed by atoms with Crippen LogP contribution in [0.1, 0.15) is 13.3 Å². The van der Waals surface area contributed by atoms with E-state index in [2.05, 4.69) is 0 Å². The van der Waals surface area contributed by atoms with Crippen molar-refractivity contribution in [1.82, 2.24) is 10.2 Å². The summed E-state index contributed by atoms with van der Waals surface area (Å²) in [4.78, 5) is 34.4. The maximum atomic E-state index is 12.2. The van der Waals surface area contributed by atoms with Crippen LogP contribution in [0.5, 0.6) is 0 Å². The highest BCUT2D eigenvalue weighted by Crippen LogP contribution is 2.20. The van der Waals surface area contributed by atoms with Gasteiger partial charge in [-0.15, -0.1) is 0 Å². The number of carboxylic acids is 1. The van der Waals surface area contributed by atoms with E-state index < -0.39 is 35.9 Å². The molecule has 1 aliphatic heterocycles. The molecular weight excluding hydrogens is 269 g/mol. The molecule has 0 aromatic rings. The number of carbonyl (C=O) groups is 3. The Morgan fingerprint density at radius 1 is 1.37 bits per heavy atom. The van der Waals surface area contributed by atoms with Gasteiger partial charge in [0.2, 0.25) is 0 Å². The molecule has 6 nitrogen and oxygen atoms in total. The van der Waals surface area contributed by atoms with Crippen LogP contribution < -0.4 is 5.32 Å². The molecule has 0 radical (unpaired) electrons. The van der Waals surface area contributed by atoms with E-state index in [9.17, 15) is 27.6 Å². The molecule has 108 valence electrons. The van der Waals surface area contributed by atoms with Gasteiger partial charge in [-0.1, -0.05) is 0 Å². The number of carbonyl (C=O) groups excluding carboxylic acids is 2. The number of likely N-dealkylation sites (tertiary alicyclic amines) is 1. The highest BCUT2D eigenvalue weighted by molar-refractivity contribution is 6.35. The Morgan fingerprint density at radius 2 is 1.95 bits per heavy atom. The summed E-state index contributed by atoms with van der Waals surface area (Å²) in [7, 11) is 0. The number of hydrogen-bond acceptors (Lipinski definition) is 3. The second kappa shape index (κ2) is 5.45. The number of hydrogen-bond donors (Lipinski definition) is 2. The van der Waals surface area contributed by atoms with Crippen LogP contribution in [0.2, 0.25) is 0 Å². The number of nitrogens with zero attached hydrogens (tertiary/aromatic N) is 1. The van der Waals surface area contributed by atoms with Crippen molar-refractivity contribution in [3.8, 4) is 0 Å². The molecule has 0 spiro atoms. The van der Waals surface area contributed by atoms with Crippen molar-refractivity contribution < 1.29 is 32.7 Å². The second-order valence-corrected chi connectivity index (χ2v) is 4.31. The Balaban J connectivity index is 2.55. The summed E-state index contributed by atoms with van der Waals surface area (Å²) in [6.45, 7) is 0.598. The van der Waals surface area contributed by atoms with Crippen LogP contribution in [0.4, 0.5) is 13.2 Å². The fourth-order valence-electron chi connectivity index (χ4n) is 1.63. The van der Waals surface area contributed by atoms with Gasteiger partial charge in [0.1, 0.15) is 6.04 Å². The summed E-state index contributed by atoms with van der Waals surface area (Å²) in [6.07, 6.45) is -4.45. The fraction of sp³-hybridized carbons (Fsp3) is 0.700. The summed E-state index contributed by atoms with van der Waals surface area (Å²) in [5, 5.41) is 10.3. The maximum absolute atomic E-state index is 12.2. The van der Waals surface area contributed by atoms with Crippen molar-refractivity contribution in [1.29, 1.82) is 0 Å². The Labute approximate surface area is 106 Å². The topological polar surface area (TPSA) is 86.7 Å². The lowest BCUT2D eigenvalue weighted by molar-refractivity contribution is -0.162. The van der Waals surface area contributed by atoms with E-state index in [0.717, 1.165) is 11.8 Å². The normalized spacial score (nSPS) is 21.1. The first-order chi connectivity index (χ1) is 8.62. The Morgan fingerprint density at radius 3 is 2.37 bits per heavy atom. The third-order valence-electron chi connectivity index (χ3n) is 2.86. The zero-order chi connectivity index (χ0) is 14.8. The van der Waals surface area contributed by atoms with Crippen LogP contribution >= 0.6 is 0 Å². The molecule has 2 N–H and O–H groups in total. The van der Waals surface area contributed by atoms with Gasteiger partial charge in [-0.25, -0.2) is 0 Å². The fourth-order valence-corrected chi connectivity index (χ4v) is 1.63. The predicted molar refractivity (Wildman–Crippen MR) is 56.0 cm³/mol. The molecule has 1 aliphatic rings. The molecule has 1 rings (SSSR count). The van der Waals surface area contributed by atoms with Gasteiger partial charge in [-0.3, -0.25) is 14.4 Å². The molecule has 1 unspecified atom stereocenters. The summed E-state index contributed by atoms with van der Waals surface area (Å²) in [5.74, 6) is -4.40. The van der Waals surface area contributed by atoms with Crippen molar-refractivity contribution >= 4 is 17.8 Å². The van der Waals surface area contributed by atoms with Gasteiger partial charge in [0.05, 0.1) is 5.92 Å². The molecule has 2 amide bonds. The number of halogens is 3. The van der Waals surface area contributed by atoms with Gasteiger partial charge >= 0.3 is 24.0 Å². The van der Waals surface area contributed by atoms with Gasteiger partial charge in [0.25, 0.3) is 0 Å². The minimum atomic E-state index is -4.63. The molecule has 2 atom stereocenters. The van der Waals surface area contributed by atoms with Gasteiger partial charge in [0.15, 0.2) is 0 Å². The van der Waals surface area contributed by atoms with E-state index in [1.54, 1.807) is 0 Å². The third-order valence-corrected chi connectivity index (χ3v) is 2.86. The zero-order valence-electron chi connectivity index (χ0n) is 10.0. The average molecular weight is 282 g/mol. The second-order valence-electron chi connectivity index (χ2n) is 4.31. The largest absolute Gasteiger partial charge is 0.481 e. The molecule has 0 aliphatic carbocycles. The van der Waals surface area contributed by atoms with E-state index in [1.165, 1.54) is 5.32 Å². The van der Waals surface area contributed by atoms with E-state index in [1.807, 2.05) is 0 Å². The van der Waals surface area contributed by atoms with E-state index >= 15 is 0 Å². The maximum Gasteiger partial charge on any atom is 0.408 e. The number of aliphatic carboxylic acids is 1. The molecule has 0 aromatic heterocycles. The van der Waals surface area contributed by atoms with Crippen molar-refractivity contribution in [2.45, 2.75) is 25.6 Å². The van der Waals surface area contributed by atoms with Crippen LogP contribution in [0.25, 0.3) is 0 Å². The van der Waals surface area contributed by atoms with Crippen LogP contribution in [-0.2, 0) is 14.4 Å². The number of nitrogens with one attached hydrogen (secondary N) is 1. The van der Waals surface area contributed by atoms with Gasteiger partial charge in [-0.2, -0.15) is 13.2 Å². The molecule has 9 heteroatoms. The van der Waals surface area contributed by atoms with Crippen LogP contribution in [0.15, 0.2) is 0 Å². The Hall–Kier alpha value is -1.80. The van der Waals surface area contributed by atoms with Crippen molar-refractivity contribution in [2.75, 3.05) is 13.1 Å². The van der Waals surface area contributed by atoms with Crippen LogP contribution in [0.3, 0.4) is 0 Å². The van der Waals surface area contributed by atoms with Gasteiger partial charge < -0.3 is 15.3 Å². The van der Waals surface area contributed by atoms with Crippen molar-refractivity contribution in [3.05, 3.63) is 0 Å². The number of rotatable bonds is 2. The summed E-state index contributed by atoms with van der Waals surface area (Å²) < 4.78 is 36.6. The molecule has 0 saturated carbocycles. The highest BCUT2D eigenvalue weighted by atomic mass is 19.4. The standard InChI is InChI=1S/C10H13F3N2O4/c1-5(10(11,12)13)14-7(16)8(17)15-3-2-6(4-15)9(18)19/h5-6H,2-4H2,1H3,(H,14,16)(H,18,19)/t5-,6?/m1/s1. The lowest BCUT2D eigenvalue weighted by Crippen LogP contribution is -2.49. The molecule has 19 heavy (non-hydrogen) atoms. The lowest BCUT2D eigenvalue weighted by Gasteiger charge is -2.19. The SMILES string of the molecule is C[C@@H](NC(=O)C(=O)N1CCC(C(=O)O)C1)C(F)(F)F. The third kappa shape index (κ3) is 3.83. The monoisotopic (exact) mass is 282 g/mol. The van der Waals surface area contributed by atoms with E-state index in [-0.39, 0.29) is 19.5 Å². The number of alkyl halides is 3. The predicted octanol–water partition coefficient (Wildman–Crippen LogP) is -0.0135. The number of carboxylic acid groups (broad SMARTS) is 1. The minimum Gasteiger partial charge on any atom is -0.481 e. The quantitative estimate of drug-likeness (QED) is 0.697. The Kier molecular flexibility index (Phi) is 4.38. The van der Waals surface area contributed by atoms with Crippen LogP contribution in [-0.4, -0.2) is 53.1 Å². The summed E-state index contributed by atoms with van der Waals surface area (Å²) in [6, 6.07) is -2.14. The first-order valence-electron chi connectivity index (χ1n) is 5.52. The van der Waals surface area contributed by atoms with Crippen molar-refractivity contribution in [3.63, 3.8) is 0 Å². The Bertz CT molecular complexity index is 397. The van der Waals surface area contributed by atoms with Gasteiger partial charge in [-0.05, 0) is 13.3 Å². The molecule has 1 fully saturated rings. The minimum absolute atomic E-state index is 0.0453. The zero-order valence-corrected chi connectivity index (χ0v) is 10.0. The van der Waals surface area contributed by atoms with Gasteiger partial charge in [0, 0.05) is 13.1 Å². The molecular formula is C10H13F3N2O4. The first-order valence-corrected chi connectivity index (χ1v) is 5.52. The smallest absolute Gasteiger partial charge is 0.408 e. The highest BCUT2D eigenvalue weighted by Gasteiger charge is 2.40. The lowest BCUT2D eigenvalue weighted by atomic mass is 10.1. The molecule has 1 saturated heterocycles. The average Bonchev–Trinajstić information content (AvgIpc) is 2.75.